The smallest absolute Gasteiger partial charge is 0.303 e. The van der Waals surface area contributed by atoms with Gasteiger partial charge in [-0.25, -0.2) is 0 Å². The van der Waals surface area contributed by atoms with Crippen LogP contribution in [0.1, 0.15) is 26.2 Å². The number of rotatable bonds is 8. The van der Waals surface area contributed by atoms with Gasteiger partial charge in [0.05, 0.1) is 0 Å². The van der Waals surface area contributed by atoms with Gasteiger partial charge in [0, 0.05) is 35.3 Å². The zero-order chi connectivity index (χ0) is 11.0. The average molecular weight is 221 g/mol. The maximum atomic E-state index is 10.8. The minimum absolute atomic E-state index is 0.232. The molecule has 0 rings (SSSR count). The third-order valence-corrected chi connectivity index (χ3v) is 2.76. The third kappa shape index (κ3) is 9.67. The molecule has 0 bridgehead atoms. The van der Waals surface area contributed by atoms with Crippen LogP contribution >= 0.6 is 0 Å². The van der Waals surface area contributed by atoms with Gasteiger partial charge >= 0.3 is 5.97 Å². The summed E-state index contributed by atoms with van der Waals surface area (Å²) in [6.45, 7) is 2.78. The molecule has 0 aliphatic rings. The van der Waals surface area contributed by atoms with Gasteiger partial charge in [0.25, 0.3) is 0 Å². The van der Waals surface area contributed by atoms with Gasteiger partial charge in [-0.15, -0.1) is 0 Å². The lowest BCUT2D eigenvalue weighted by atomic mass is 10.2. The molecule has 0 radical (unpaired) electrons. The Morgan fingerprint density at radius 2 is 2.14 bits per heavy atom. The number of hydrogen-bond acceptors (Lipinski definition) is 3. The topological polar surface area (TPSA) is 66.4 Å². The first-order valence-corrected chi connectivity index (χ1v) is 6.50. The van der Waals surface area contributed by atoms with Gasteiger partial charge in [0.2, 0.25) is 0 Å². The molecule has 0 fully saturated rings. The third-order valence-electron chi connectivity index (χ3n) is 1.79. The second-order valence-electron chi connectivity index (χ2n) is 3.45. The van der Waals surface area contributed by atoms with Crippen molar-refractivity contribution < 1.29 is 14.1 Å². The molecule has 84 valence electrons. The summed E-state index contributed by atoms with van der Waals surface area (Å²) in [6, 6.07) is 0.241. The Kier molecular flexibility index (Phi) is 7.70. The lowest BCUT2D eigenvalue weighted by molar-refractivity contribution is -0.137. The van der Waals surface area contributed by atoms with Crippen LogP contribution in [-0.2, 0) is 15.6 Å². The molecule has 2 unspecified atom stereocenters. The molecule has 5 heteroatoms. The normalized spacial score (nSPS) is 15.0. The molecule has 0 saturated carbocycles. The molecule has 0 aromatic heterocycles. The molecule has 0 amide bonds. The molecule has 4 nitrogen and oxygen atoms in total. The summed E-state index contributed by atoms with van der Waals surface area (Å²) in [5.74, 6) is -0.0911. The molecule has 0 aromatic rings. The van der Waals surface area contributed by atoms with E-state index < -0.39 is 16.8 Å². The zero-order valence-corrected chi connectivity index (χ0v) is 9.60. The van der Waals surface area contributed by atoms with Crippen LogP contribution in [0.5, 0.6) is 0 Å². The van der Waals surface area contributed by atoms with Gasteiger partial charge in [-0.3, -0.25) is 9.00 Å². The van der Waals surface area contributed by atoms with E-state index in [0.29, 0.717) is 12.2 Å². The second-order valence-corrected chi connectivity index (χ2v) is 4.93. The van der Waals surface area contributed by atoms with Crippen LogP contribution in [-0.4, -0.2) is 39.9 Å². The van der Waals surface area contributed by atoms with Crippen LogP contribution in [0, 0.1) is 0 Å². The van der Waals surface area contributed by atoms with E-state index in [1.807, 2.05) is 6.92 Å². The summed E-state index contributed by atoms with van der Waals surface area (Å²) in [7, 11) is -0.767. The summed E-state index contributed by atoms with van der Waals surface area (Å²) in [4.78, 5) is 10.2. The van der Waals surface area contributed by atoms with Crippen molar-refractivity contribution in [2.75, 3.05) is 18.6 Å². The van der Waals surface area contributed by atoms with Crippen molar-refractivity contribution in [3.05, 3.63) is 0 Å². The fraction of sp³-hybridized carbons (Fsp3) is 0.889. The Morgan fingerprint density at radius 1 is 1.50 bits per heavy atom. The number of nitrogens with one attached hydrogen (secondary N) is 1. The van der Waals surface area contributed by atoms with E-state index in [-0.39, 0.29) is 12.5 Å². The van der Waals surface area contributed by atoms with E-state index in [0.717, 1.165) is 13.0 Å². The maximum Gasteiger partial charge on any atom is 0.303 e. The largest absolute Gasteiger partial charge is 0.481 e. The fourth-order valence-electron chi connectivity index (χ4n) is 1.16. The maximum absolute atomic E-state index is 10.8. The Bertz CT molecular complexity index is 196. The second kappa shape index (κ2) is 7.94. The molecular weight excluding hydrogens is 202 g/mol. The zero-order valence-electron chi connectivity index (χ0n) is 8.78. The van der Waals surface area contributed by atoms with Crippen molar-refractivity contribution in [1.82, 2.24) is 5.32 Å². The molecule has 2 atom stereocenters. The first-order chi connectivity index (χ1) is 6.52. The lowest BCUT2D eigenvalue weighted by Gasteiger charge is -2.11. The number of carboxylic acid groups (broad SMARTS) is 1. The van der Waals surface area contributed by atoms with Gasteiger partial charge in [-0.05, 0) is 26.3 Å². The SMILES string of the molecule is CC(CS(C)=O)NCCCCC(=O)O. The van der Waals surface area contributed by atoms with Crippen LogP contribution in [0.3, 0.4) is 0 Å². The minimum Gasteiger partial charge on any atom is -0.481 e. The first-order valence-electron chi connectivity index (χ1n) is 4.77. The predicted octanol–water partition coefficient (Wildman–Crippen LogP) is 0.598. The van der Waals surface area contributed by atoms with Gasteiger partial charge < -0.3 is 10.4 Å². The Labute approximate surface area is 87.5 Å². The molecule has 14 heavy (non-hydrogen) atoms. The minimum atomic E-state index is -0.767. The number of carbonyl (C=O) groups is 1. The number of carboxylic acids is 1. The van der Waals surface area contributed by atoms with E-state index in [1.165, 1.54) is 0 Å². The standard InChI is InChI=1S/C9H19NO3S/c1-8(7-14(2)13)10-6-4-3-5-9(11)12/h8,10H,3-7H2,1-2H3,(H,11,12). The van der Waals surface area contributed by atoms with Gasteiger partial charge in [0.1, 0.15) is 0 Å². The number of unbranched alkanes of at least 4 members (excludes halogenated alkanes) is 1. The van der Waals surface area contributed by atoms with Crippen LogP contribution in [0.25, 0.3) is 0 Å². The van der Waals surface area contributed by atoms with Gasteiger partial charge in [-0.2, -0.15) is 0 Å². The van der Waals surface area contributed by atoms with E-state index in [4.69, 9.17) is 5.11 Å². The highest BCUT2D eigenvalue weighted by Gasteiger charge is 2.03. The highest BCUT2D eigenvalue weighted by atomic mass is 32.2. The fourth-order valence-corrected chi connectivity index (χ4v) is 1.98. The summed E-state index contributed by atoms with van der Waals surface area (Å²) in [5.41, 5.74) is 0. The molecule has 0 heterocycles. The molecule has 0 aliphatic heterocycles. The predicted molar refractivity (Wildman–Crippen MR) is 57.9 cm³/mol. The highest BCUT2D eigenvalue weighted by molar-refractivity contribution is 7.84. The van der Waals surface area contributed by atoms with Crippen LogP contribution in [0.15, 0.2) is 0 Å². The van der Waals surface area contributed by atoms with E-state index in [9.17, 15) is 9.00 Å². The molecule has 2 N–H and O–H groups in total. The quantitative estimate of drug-likeness (QED) is 0.589. The van der Waals surface area contributed by atoms with Crippen LogP contribution in [0.4, 0.5) is 0 Å². The van der Waals surface area contributed by atoms with Crippen molar-refractivity contribution in [2.24, 2.45) is 0 Å². The Balaban J connectivity index is 3.27. The van der Waals surface area contributed by atoms with E-state index >= 15 is 0 Å². The first kappa shape index (κ1) is 13.6. The summed E-state index contributed by atoms with van der Waals surface area (Å²) >= 11 is 0. The van der Waals surface area contributed by atoms with E-state index in [2.05, 4.69) is 5.32 Å². The molecule has 0 saturated heterocycles. The monoisotopic (exact) mass is 221 g/mol. The van der Waals surface area contributed by atoms with Gasteiger partial charge in [-0.1, -0.05) is 0 Å². The molecular formula is C9H19NO3S. The van der Waals surface area contributed by atoms with E-state index in [1.54, 1.807) is 6.26 Å². The Hall–Kier alpha value is -0.420. The molecule has 0 spiro atoms. The Morgan fingerprint density at radius 3 is 2.64 bits per heavy atom. The molecule has 0 aliphatic carbocycles. The van der Waals surface area contributed by atoms with Crippen LogP contribution < -0.4 is 5.32 Å². The van der Waals surface area contributed by atoms with Crippen LogP contribution in [0.2, 0.25) is 0 Å². The van der Waals surface area contributed by atoms with Crippen molar-refractivity contribution in [3.63, 3.8) is 0 Å². The highest BCUT2D eigenvalue weighted by Crippen LogP contribution is 1.94. The number of hydrogen-bond donors (Lipinski definition) is 2. The summed E-state index contributed by atoms with van der Waals surface area (Å²) in [5, 5.41) is 11.6. The number of aliphatic carboxylic acids is 1. The van der Waals surface area contributed by atoms with Crippen molar-refractivity contribution >= 4 is 16.8 Å². The average Bonchev–Trinajstić information content (AvgIpc) is 2.01. The van der Waals surface area contributed by atoms with Gasteiger partial charge in [0.15, 0.2) is 0 Å². The summed E-state index contributed by atoms with van der Waals surface area (Å²) in [6.07, 6.45) is 3.47. The van der Waals surface area contributed by atoms with Crippen molar-refractivity contribution in [1.29, 1.82) is 0 Å². The molecule has 0 aromatic carbocycles. The van der Waals surface area contributed by atoms with Crippen molar-refractivity contribution in [2.45, 2.75) is 32.2 Å². The van der Waals surface area contributed by atoms with Crippen molar-refractivity contribution in [3.8, 4) is 0 Å². The lowest BCUT2D eigenvalue weighted by Crippen LogP contribution is -2.31. The summed E-state index contributed by atoms with van der Waals surface area (Å²) < 4.78 is 10.8.